The van der Waals surface area contributed by atoms with Crippen LogP contribution < -0.4 is 5.32 Å². The van der Waals surface area contributed by atoms with E-state index in [2.05, 4.69) is 19.2 Å². The Hall–Kier alpha value is -2.44. The molecule has 0 spiro atoms. The van der Waals surface area contributed by atoms with Gasteiger partial charge in [-0.25, -0.2) is 0 Å². The zero-order valence-electron chi connectivity index (χ0n) is 19.9. The van der Waals surface area contributed by atoms with E-state index < -0.39 is 4.92 Å². The van der Waals surface area contributed by atoms with E-state index in [1.807, 2.05) is 11.9 Å². The van der Waals surface area contributed by atoms with E-state index in [1.54, 1.807) is 12.1 Å². The summed E-state index contributed by atoms with van der Waals surface area (Å²) in [4.78, 5) is 38.0. The molecule has 7 atom stereocenters. The maximum Gasteiger partial charge on any atom is 0.270 e. The van der Waals surface area contributed by atoms with E-state index in [1.165, 1.54) is 12.1 Å². The predicted molar refractivity (Wildman–Crippen MR) is 125 cm³/mol. The predicted octanol–water partition coefficient (Wildman–Crippen LogP) is 4.56. The first-order valence-corrected chi connectivity index (χ1v) is 12.5. The van der Waals surface area contributed by atoms with E-state index in [0.29, 0.717) is 41.7 Å². The Morgan fingerprint density at radius 2 is 1.85 bits per heavy atom. The number of nitrogens with zero attached hydrogens (tertiary/aromatic N) is 2. The van der Waals surface area contributed by atoms with Gasteiger partial charge in [-0.2, -0.15) is 0 Å². The summed E-state index contributed by atoms with van der Waals surface area (Å²) in [5.74, 6) is 1.94. The number of rotatable bonds is 3. The summed E-state index contributed by atoms with van der Waals surface area (Å²) in [6, 6.07) is 6.45. The fourth-order valence-electron chi connectivity index (χ4n) is 8.39. The highest BCUT2D eigenvalue weighted by atomic mass is 16.6. The second-order valence-electron chi connectivity index (χ2n) is 11.4. The van der Waals surface area contributed by atoms with Gasteiger partial charge < -0.3 is 10.2 Å². The number of nitro groups is 1. The van der Waals surface area contributed by atoms with Gasteiger partial charge in [0.15, 0.2) is 0 Å². The average molecular weight is 454 g/mol. The maximum atomic E-state index is 13.0. The van der Waals surface area contributed by atoms with Crippen molar-refractivity contribution in [2.75, 3.05) is 7.05 Å². The van der Waals surface area contributed by atoms with Crippen LogP contribution in [-0.2, 0) is 4.79 Å². The molecule has 1 aliphatic heterocycles. The highest BCUT2D eigenvalue weighted by Crippen LogP contribution is 2.64. The van der Waals surface area contributed by atoms with Gasteiger partial charge in [-0.1, -0.05) is 19.9 Å². The van der Waals surface area contributed by atoms with Crippen molar-refractivity contribution in [2.24, 2.45) is 28.6 Å². The fraction of sp³-hybridized carbons (Fsp3) is 0.692. The van der Waals surface area contributed by atoms with E-state index in [-0.39, 0.29) is 28.5 Å². The average Bonchev–Trinajstić information content (AvgIpc) is 3.13. The molecule has 0 radical (unpaired) electrons. The molecule has 1 unspecified atom stereocenters. The van der Waals surface area contributed by atoms with Gasteiger partial charge in [0.25, 0.3) is 11.6 Å². The molecule has 1 heterocycles. The van der Waals surface area contributed by atoms with Crippen LogP contribution in [0.25, 0.3) is 0 Å². The molecule has 33 heavy (non-hydrogen) atoms. The van der Waals surface area contributed by atoms with E-state index in [0.717, 1.165) is 44.9 Å². The van der Waals surface area contributed by atoms with Crippen LogP contribution in [0.4, 0.5) is 5.69 Å². The van der Waals surface area contributed by atoms with Crippen LogP contribution in [0.5, 0.6) is 0 Å². The summed E-state index contributed by atoms with van der Waals surface area (Å²) < 4.78 is 0. The Labute approximate surface area is 195 Å². The number of non-ortho nitro benzene ring substituents is 1. The highest BCUT2D eigenvalue weighted by molar-refractivity contribution is 5.95. The van der Waals surface area contributed by atoms with E-state index in [9.17, 15) is 19.7 Å². The third kappa shape index (κ3) is 3.38. The summed E-state index contributed by atoms with van der Waals surface area (Å²) in [6.45, 7) is 4.78. The number of carbonyl (C=O) groups is 2. The zero-order chi connectivity index (χ0) is 23.5. The number of nitro benzene ring substituents is 1. The molecule has 0 aromatic heterocycles. The molecule has 1 aromatic rings. The van der Waals surface area contributed by atoms with E-state index >= 15 is 0 Å². The van der Waals surface area contributed by atoms with Crippen LogP contribution in [0.3, 0.4) is 0 Å². The van der Waals surface area contributed by atoms with Crippen molar-refractivity contribution in [3.63, 3.8) is 0 Å². The van der Waals surface area contributed by atoms with Gasteiger partial charge >= 0.3 is 0 Å². The smallest absolute Gasteiger partial charge is 0.270 e. The minimum Gasteiger partial charge on any atom is -0.349 e. The van der Waals surface area contributed by atoms with Crippen LogP contribution in [0.1, 0.15) is 75.6 Å². The summed E-state index contributed by atoms with van der Waals surface area (Å²) in [7, 11) is 1.99. The molecule has 5 rings (SSSR count). The lowest BCUT2D eigenvalue weighted by molar-refractivity contribution is -0.384. The maximum absolute atomic E-state index is 13.0. The number of fused-ring (bicyclic) bond motifs is 5. The SMILES string of the molecule is CN1C(=O)CC[C@]2(C)[C@H]3CC[C@]4(C)C(NC(=O)c5cccc([N+](=O)[O-])c5)CC[C@H]4[C@@H]3CC[C@@H]12. The number of nitrogens with one attached hydrogen (secondary N) is 1. The summed E-state index contributed by atoms with van der Waals surface area (Å²) >= 11 is 0. The van der Waals surface area contributed by atoms with Crippen molar-refractivity contribution in [1.82, 2.24) is 10.2 Å². The summed E-state index contributed by atoms with van der Waals surface area (Å²) in [5.41, 5.74) is 0.543. The topological polar surface area (TPSA) is 92.6 Å². The van der Waals surface area contributed by atoms with E-state index in [4.69, 9.17) is 0 Å². The van der Waals surface area contributed by atoms with Crippen LogP contribution in [0, 0.1) is 38.7 Å². The van der Waals surface area contributed by atoms with Crippen LogP contribution in [0.15, 0.2) is 24.3 Å². The first-order chi connectivity index (χ1) is 15.6. The van der Waals surface area contributed by atoms with Gasteiger partial charge in [0.05, 0.1) is 4.92 Å². The largest absolute Gasteiger partial charge is 0.349 e. The molecule has 1 N–H and O–H groups in total. The lowest BCUT2D eigenvalue weighted by Gasteiger charge is -2.61. The van der Waals surface area contributed by atoms with Gasteiger partial charge in [0.1, 0.15) is 0 Å². The van der Waals surface area contributed by atoms with Gasteiger partial charge in [0, 0.05) is 43.2 Å². The molecule has 3 saturated carbocycles. The molecular formula is C26H35N3O4. The molecular weight excluding hydrogens is 418 g/mol. The van der Waals surface area contributed by atoms with Crippen LogP contribution in [0.2, 0.25) is 0 Å². The first kappa shape index (κ1) is 22.4. The van der Waals surface area contributed by atoms with Crippen molar-refractivity contribution in [1.29, 1.82) is 0 Å². The molecule has 4 fully saturated rings. The first-order valence-electron chi connectivity index (χ1n) is 12.5. The minimum atomic E-state index is -0.460. The van der Waals surface area contributed by atoms with Gasteiger partial charge in [-0.05, 0) is 79.6 Å². The normalized spacial score (nSPS) is 39.9. The molecule has 3 aliphatic carbocycles. The minimum absolute atomic E-state index is 0.0527. The second-order valence-corrected chi connectivity index (χ2v) is 11.4. The Morgan fingerprint density at radius 3 is 2.61 bits per heavy atom. The van der Waals surface area contributed by atoms with Crippen molar-refractivity contribution < 1.29 is 14.5 Å². The quantitative estimate of drug-likeness (QED) is 0.536. The number of benzene rings is 1. The van der Waals surface area contributed by atoms with Gasteiger partial charge in [0.2, 0.25) is 5.91 Å². The second kappa shape index (κ2) is 7.81. The molecule has 2 amide bonds. The number of hydrogen-bond acceptors (Lipinski definition) is 4. The number of likely N-dealkylation sites (tertiary alicyclic amines) is 1. The van der Waals surface area contributed by atoms with Crippen LogP contribution >= 0.6 is 0 Å². The standard InChI is InChI=1S/C26H35N3O4/c1-25-13-11-20-18(7-10-22-26(20,2)14-12-23(30)28(22)3)19(25)8-9-21(25)27-24(31)16-5-4-6-17(15-16)29(32)33/h4-6,15,18-22H,7-14H2,1-3H3,(H,27,31)/t18-,19-,20-,21?,22+,25-,26+/m0/s1. The van der Waals surface area contributed by atoms with Crippen molar-refractivity contribution in [2.45, 2.75) is 77.3 Å². The number of hydrogen-bond donors (Lipinski definition) is 1. The lowest BCUT2D eigenvalue weighted by atomic mass is 9.47. The molecule has 0 bridgehead atoms. The van der Waals surface area contributed by atoms with Gasteiger partial charge in [-0.3, -0.25) is 19.7 Å². The van der Waals surface area contributed by atoms with Gasteiger partial charge in [-0.15, -0.1) is 0 Å². The number of carbonyl (C=O) groups excluding carboxylic acids is 2. The molecule has 1 saturated heterocycles. The molecule has 1 aromatic carbocycles. The fourth-order valence-corrected chi connectivity index (χ4v) is 8.39. The zero-order valence-corrected chi connectivity index (χ0v) is 19.9. The van der Waals surface area contributed by atoms with Crippen LogP contribution in [-0.4, -0.2) is 40.8 Å². The molecule has 7 heteroatoms. The van der Waals surface area contributed by atoms with Crippen molar-refractivity contribution in [3.05, 3.63) is 39.9 Å². The third-order valence-corrected chi connectivity index (χ3v) is 10.2. The Bertz CT molecular complexity index is 996. The highest BCUT2D eigenvalue weighted by Gasteiger charge is 2.61. The number of piperidine rings is 1. The Morgan fingerprint density at radius 1 is 1.09 bits per heavy atom. The molecule has 7 nitrogen and oxygen atoms in total. The molecule has 4 aliphatic rings. The Balaban J connectivity index is 1.34. The van der Waals surface area contributed by atoms with Crippen molar-refractivity contribution >= 4 is 17.5 Å². The Kier molecular flexibility index (Phi) is 5.29. The summed E-state index contributed by atoms with van der Waals surface area (Å²) in [5, 5.41) is 14.4. The van der Waals surface area contributed by atoms with Crippen molar-refractivity contribution in [3.8, 4) is 0 Å². The monoisotopic (exact) mass is 453 g/mol. The lowest BCUT2D eigenvalue weighted by Crippen LogP contribution is -2.62. The number of amides is 2. The third-order valence-electron chi connectivity index (χ3n) is 10.2. The molecule has 178 valence electrons. The summed E-state index contributed by atoms with van der Waals surface area (Å²) in [6.07, 6.45) is 8.21.